The van der Waals surface area contributed by atoms with Crippen LogP contribution in [-0.2, 0) is 9.84 Å². The standard InChI is InChI=1S/C12H19NO3S/c1-10(2)4-3-5-12(10,14)11(8-13)6-7-17(15,16)9-11/h14H,3-7,9H2,1-2H3. The maximum absolute atomic E-state index is 11.7. The van der Waals surface area contributed by atoms with Crippen molar-refractivity contribution in [2.24, 2.45) is 10.8 Å². The van der Waals surface area contributed by atoms with Crippen LogP contribution in [0.4, 0.5) is 0 Å². The van der Waals surface area contributed by atoms with Crippen molar-refractivity contribution in [1.82, 2.24) is 0 Å². The Kier molecular flexibility index (Phi) is 2.61. The molecule has 96 valence electrons. The van der Waals surface area contributed by atoms with Crippen LogP contribution in [0.15, 0.2) is 0 Å². The van der Waals surface area contributed by atoms with E-state index in [2.05, 4.69) is 6.07 Å². The summed E-state index contributed by atoms with van der Waals surface area (Å²) < 4.78 is 23.3. The molecule has 2 atom stereocenters. The number of hydrogen-bond donors (Lipinski definition) is 1. The van der Waals surface area contributed by atoms with Crippen LogP contribution in [0.2, 0.25) is 0 Å². The average molecular weight is 257 g/mol. The number of nitrogens with zero attached hydrogens (tertiary/aromatic N) is 1. The molecule has 0 bridgehead atoms. The van der Waals surface area contributed by atoms with Gasteiger partial charge in [-0.25, -0.2) is 8.42 Å². The van der Waals surface area contributed by atoms with Crippen molar-refractivity contribution in [3.8, 4) is 6.07 Å². The Balaban J connectivity index is 2.48. The van der Waals surface area contributed by atoms with Crippen molar-refractivity contribution >= 4 is 9.84 Å². The molecular weight excluding hydrogens is 238 g/mol. The maximum Gasteiger partial charge on any atom is 0.152 e. The van der Waals surface area contributed by atoms with Gasteiger partial charge in [-0.15, -0.1) is 0 Å². The van der Waals surface area contributed by atoms with Crippen molar-refractivity contribution in [1.29, 1.82) is 5.26 Å². The van der Waals surface area contributed by atoms with Gasteiger partial charge in [0.2, 0.25) is 0 Å². The SMILES string of the molecule is CC1(C)CCCC1(O)C1(C#N)CCS(=O)(=O)C1. The fourth-order valence-corrected chi connectivity index (χ4v) is 5.58. The second kappa shape index (κ2) is 3.46. The summed E-state index contributed by atoms with van der Waals surface area (Å²) in [6.07, 6.45) is 2.49. The van der Waals surface area contributed by atoms with Gasteiger partial charge in [0.15, 0.2) is 9.84 Å². The quantitative estimate of drug-likeness (QED) is 0.767. The van der Waals surface area contributed by atoms with E-state index in [0.717, 1.165) is 12.8 Å². The molecule has 0 aromatic rings. The van der Waals surface area contributed by atoms with Crippen LogP contribution < -0.4 is 0 Å². The number of rotatable bonds is 1. The highest BCUT2D eigenvalue weighted by atomic mass is 32.2. The highest BCUT2D eigenvalue weighted by Crippen LogP contribution is 2.58. The molecule has 2 rings (SSSR count). The Bertz CT molecular complexity index is 476. The number of nitriles is 1. The first-order valence-corrected chi connectivity index (χ1v) is 7.84. The summed E-state index contributed by atoms with van der Waals surface area (Å²) in [6.45, 7) is 3.87. The predicted octanol–water partition coefficient (Wildman–Crippen LogP) is 1.26. The normalized spacial score (nSPS) is 43.4. The molecule has 17 heavy (non-hydrogen) atoms. The van der Waals surface area contributed by atoms with Crippen molar-refractivity contribution < 1.29 is 13.5 Å². The lowest BCUT2D eigenvalue weighted by Gasteiger charge is -2.46. The summed E-state index contributed by atoms with van der Waals surface area (Å²) in [4.78, 5) is 0. The zero-order valence-corrected chi connectivity index (χ0v) is 11.2. The van der Waals surface area contributed by atoms with Crippen LogP contribution in [0, 0.1) is 22.2 Å². The van der Waals surface area contributed by atoms with Gasteiger partial charge in [0, 0.05) is 0 Å². The van der Waals surface area contributed by atoms with Gasteiger partial charge >= 0.3 is 0 Å². The first kappa shape index (κ1) is 12.8. The largest absolute Gasteiger partial charge is 0.388 e. The molecule has 1 saturated carbocycles. The summed E-state index contributed by atoms with van der Waals surface area (Å²) in [7, 11) is -3.17. The first-order chi connectivity index (χ1) is 7.68. The maximum atomic E-state index is 11.7. The van der Waals surface area contributed by atoms with Gasteiger partial charge in [-0.2, -0.15) is 5.26 Å². The lowest BCUT2D eigenvalue weighted by molar-refractivity contribution is -0.112. The molecule has 1 aliphatic heterocycles. The Labute approximate surface area is 103 Å². The van der Waals surface area contributed by atoms with E-state index >= 15 is 0 Å². The van der Waals surface area contributed by atoms with E-state index in [1.54, 1.807) is 0 Å². The third-order valence-electron chi connectivity index (χ3n) is 4.77. The molecule has 4 nitrogen and oxygen atoms in total. The molecule has 1 saturated heterocycles. The summed E-state index contributed by atoms with van der Waals surface area (Å²) >= 11 is 0. The van der Waals surface area contributed by atoms with Crippen LogP contribution in [0.25, 0.3) is 0 Å². The minimum Gasteiger partial charge on any atom is -0.388 e. The fraction of sp³-hybridized carbons (Fsp3) is 0.917. The third-order valence-corrected chi connectivity index (χ3v) is 6.53. The van der Waals surface area contributed by atoms with Crippen molar-refractivity contribution in [3.63, 3.8) is 0 Å². The molecule has 1 aliphatic carbocycles. The van der Waals surface area contributed by atoms with Crippen LogP contribution in [-0.4, -0.2) is 30.6 Å². The van der Waals surface area contributed by atoms with E-state index in [0.29, 0.717) is 6.42 Å². The monoisotopic (exact) mass is 257 g/mol. The lowest BCUT2D eigenvalue weighted by Crippen LogP contribution is -2.55. The Morgan fingerprint density at radius 3 is 2.24 bits per heavy atom. The zero-order valence-electron chi connectivity index (χ0n) is 10.4. The van der Waals surface area contributed by atoms with Gasteiger partial charge in [0.05, 0.1) is 23.2 Å². The molecular formula is C12H19NO3S. The molecule has 2 aliphatic rings. The van der Waals surface area contributed by atoms with Crippen LogP contribution >= 0.6 is 0 Å². The molecule has 1 N–H and O–H groups in total. The van der Waals surface area contributed by atoms with Gasteiger partial charge in [-0.05, 0) is 31.1 Å². The number of aliphatic hydroxyl groups is 1. The van der Waals surface area contributed by atoms with E-state index in [1.165, 1.54) is 0 Å². The van der Waals surface area contributed by atoms with E-state index in [9.17, 15) is 18.8 Å². The Hall–Kier alpha value is -0.600. The molecule has 0 radical (unpaired) electrons. The topological polar surface area (TPSA) is 78.2 Å². The van der Waals surface area contributed by atoms with E-state index in [-0.39, 0.29) is 23.3 Å². The van der Waals surface area contributed by atoms with Crippen LogP contribution in [0.5, 0.6) is 0 Å². The predicted molar refractivity (Wildman–Crippen MR) is 63.9 cm³/mol. The molecule has 0 spiro atoms. The number of sulfone groups is 1. The summed E-state index contributed by atoms with van der Waals surface area (Å²) in [6, 6.07) is 2.14. The molecule has 2 unspecified atom stereocenters. The first-order valence-electron chi connectivity index (χ1n) is 6.02. The number of hydrogen-bond acceptors (Lipinski definition) is 4. The third kappa shape index (κ3) is 1.61. The van der Waals surface area contributed by atoms with Crippen LogP contribution in [0.3, 0.4) is 0 Å². The highest BCUT2D eigenvalue weighted by Gasteiger charge is 2.64. The van der Waals surface area contributed by atoms with E-state index in [4.69, 9.17) is 0 Å². The van der Waals surface area contributed by atoms with Crippen LogP contribution in [0.1, 0.15) is 39.5 Å². The molecule has 0 amide bonds. The summed E-state index contributed by atoms with van der Waals surface area (Å²) in [5.74, 6) is -0.157. The molecule has 5 heteroatoms. The van der Waals surface area contributed by atoms with Gasteiger partial charge in [0.1, 0.15) is 5.41 Å². The van der Waals surface area contributed by atoms with Gasteiger partial charge in [0.25, 0.3) is 0 Å². The minimum absolute atomic E-state index is 0.0267. The fourth-order valence-electron chi connectivity index (χ4n) is 3.57. The average Bonchev–Trinajstić information content (AvgIpc) is 2.67. The Morgan fingerprint density at radius 1 is 1.24 bits per heavy atom. The lowest BCUT2D eigenvalue weighted by atomic mass is 9.61. The van der Waals surface area contributed by atoms with E-state index in [1.807, 2.05) is 13.8 Å². The minimum atomic E-state index is -3.17. The second-order valence-corrected chi connectivity index (χ2v) is 8.32. The Morgan fingerprint density at radius 2 is 1.88 bits per heavy atom. The molecule has 0 aromatic carbocycles. The van der Waals surface area contributed by atoms with Gasteiger partial charge < -0.3 is 5.11 Å². The molecule has 1 heterocycles. The molecule has 2 fully saturated rings. The van der Waals surface area contributed by atoms with Gasteiger partial charge in [-0.1, -0.05) is 13.8 Å². The highest BCUT2D eigenvalue weighted by molar-refractivity contribution is 7.91. The summed E-state index contributed by atoms with van der Waals surface area (Å²) in [5, 5.41) is 20.3. The van der Waals surface area contributed by atoms with Gasteiger partial charge in [-0.3, -0.25) is 0 Å². The smallest absolute Gasteiger partial charge is 0.152 e. The zero-order chi connectivity index (χ0) is 12.9. The summed E-state index contributed by atoms with van der Waals surface area (Å²) in [5.41, 5.74) is -2.66. The molecule has 0 aromatic heterocycles. The second-order valence-electron chi connectivity index (χ2n) is 6.13. The van der Waals surface area contributed by atoms with Crippen molar-refractivity contribution in [2.45, 2.75) is 45.1 Å². The van der Waals surface area contributed by atoms with E-state index < -0.39 is 20.9 Å². The van der Waals surface area contributed by atoms with Crippen molar-refractivity contribution in [2.75, 3.05) is 11.5 Å². The van der Waals surface area contributed by atoms with Crippen molar-refractivity contribution in [3.05, 3.63) is 0 Å².